The Hall–Kier alpha value is -3.02. The number of carboxylic acid groups (broad SMARTS) is 1. The standard InChI is InChI=1S/C19H19NO5/c1-19(18(21)22)11-15(20-25-19)14-8-9-16(17(10-14)23-2)24-12-13-6-4-3-5-7-13/h3-10H,11-12H2,1-2H3,(H,21,22)/t19-/m0/s1. The van der Waals surface area contributed by atoms with Gasteiger partial charge in [0.05, 0.1) is 12.8 Å². The van der Waals surface area contributed by atoms with Crippen LogP contribution in [-0.2, 0) is 16.2 Å². The van der Waals surface area contributed by atoms with Crippen molar-refractivity contribution in [3.05, 3.63) is 59.7 Å². The molecule has 6 nitrogen and oxygen atoms in total. The predicted molar refractivity (Wildman–Crippen MR) is 92.0 cm³/mol. The minimum Gasteiger partial charge on any atom is -0.493 e. The summed E-state index contributed by atoms with van der Waals surface area (Å²) >= 11 is 0. The molecule has 0 spiro atoms. The van der Waals surface area contributed by atoms with Crippen molar-refractivity contribution in [2.45, 2.75) is 25.6 Å². The number of nitrogens with zero attached hydrogens (tertiary/aromatic N) is 1. The third-order valence-electron chi connectivity index (χ3n) is 4.05. The van der Waals surface area contributed by atoms with Crippen molar-refractivity contribution in [1.82, 2.24) is 0 Å². The molecule has 0 aromatic heterocycles. The Labute approximate surface area is 145 Å². The molecule has 0 amide bonds. The minimum atomic E-state index is -1.33. The fourth-order valence-electron chi connectivity index (χ4n) is 2.51. The molecular weight excluding hydrogens is 322 g/mol. The summed E-state index contributed by atoms with van der Waals surface area (Å²) in [6.45, 7) is 1.93. The quantitative estimate of drug-likeness (QED) is 0.873. The molecule has 0 saturated heterocycles. The summed E-state index contributed by atoms with van der Waals surface area (Å²) in [6, 6.07) is 15.2. The maximum Gasteiger partial charge on any atom is 0.351 e. The second kappa shape index (κ2) is 6.84. The largest absolute Gasteiger partial charge is 0.493 e. The fourth-order valence-corrected chi connectivity index (χ4v) is 2.51. The van der Waals surface area contributed by atoms with E-state index in [9.17, 15) is 9.90 Å². The number of oxime groups is 1. The van der Waals surface area contributed by atoms with Crippen LogP contribution in [0.3, 0.4) is 0 Å². The maximum absolute atomic E-state index is 11.3. The van der Waals surface area contributed by atoms with E-state index in [1.807, 2.05) is 36.4 Å². The summed E-state index contributed by atoms with van der Waals surface area (Å²) in [6.07, 6.45) is 0.190. The lowest BCUT2D eigenvalue weighted by Gasteiger charge is -2.15. The van der Waals surface area contributed by atoms with E-state index in [4.69, 9.17) is 14.3 Å². The van der Waals surface area contributed by atoms with Gasteiger partial charge in [0.1, 0.15) is 6.61 Å². The van der Waals surface area contributed by atoms with Crippen molar-refractivity contribution in [3.8, 4) is 11.5 Å². The van der Waals surface area contributed by atoms with E-state index in [-0.39, 0.29) is 6.42 Å². The van der Waals surface area contributed by atoms with Crippen LogP contribution in [-0.4, -0.2) is 29.5 Å². The van der Waals surface area contributed by atoms with Gasteiger partial charge in [0.25, 0.3) is 0 Å². The monoisotopic (exact) mass is 341 g/mol. The van der Waals surface area contributed by atoms with E-state index < -0.39 is 11.6 Å². The maximum atomic E-state index is 11.3. The zero-order valence-electron chi connectivity index (χ0n) is 14.1. The molecule has 6 heteroatoms. The third kappa shape index (κ3) is 3.57. The van der Waals surface area contributed by atoms with Crippen molar-refractivity contribution in [2.75, 3.05) is 7.11 Å². The number of hydrogen-bond acceptors (Lipinski definition) is 5. The van der Waals surface area contributed by atoms with Crippen LogP contribution >= 0.6 is 0 Å². The number of rotatable bonds is 6. The molecule has 1 aliphatic heterocycles. The predicted octanol–water partition coefficient (Wildman–Crippen LogP) is 3.24. The van der Waals surface area contributed by atoms with Crippen LogP contribution in [0.25, 0.3) is 0 Å². The van der Waals surface area contributed by atoms with Crippen LogP contribution in [0.4, 0.5) is 0 Å². The zero-order chi connectivity index (χ0) is 17.9. The van der Waals surface area contributed by atoms with Gasteiger partial charge in [0.15, 0.2) is 11.5 Å². The smallest absolute Gasteiger partial charge is 0.351 e. The first-order valence-corrected chi connectivity index (χ1v) is 7.85. The lowest BCUT2D eigenvalue weighted by molar-refractivity contribution is -0.160. The number of ether oxygens (including phenoxy) is 2. The molecule has 0 radical (unpaired) electrons. The van der Waals surface area contributed by atoms with Crippen molar-refractivity contribution < 1.29 is 24.2 Å². The van der Waals surface area contributed by atoms with Gasteiger partial charge in [-0.2, -0.15) is 0 Å². The molecular formula is C19H19NO5. The number of benzene rings is 2. The molecule has 25 heavy (non-hydrogen) atoms. The summed E-state index contributed by atoms with van der Waals surface area (Å²) in [7, 11) is 1.56. The zero-order valence-corrected chi connectivity index (χ0v) is 14.1. The number of methoxy groups -OCH3 is 1. The van der Waals surface area contributed by atoms with Crippen LogP contribution in [0.1, 0.15) is 24.5 Å². The fraction of sp³-hybridized carbons (Fsp3) is 0.263. The van der Waals surface area contributed by atoms with Gasteiger partial charge in [-0.1, -0.05) is 35.5 Å². The molecule has 2 aromatic carbocycles. The highest BCUT2D eigenvalue weighted by Crippen LogP contribution is 2.32. The van der Waals surface area contributed by atoms with E-state index >= 15 is 0 Å². The van der Waals surface area contributed by atoms with Gasteiger partial charge in [0, 0.05) is 12.0 Å². The Morgan fingerprint density at radius 2 is 2.00 bits per heavy atom. The summed E-state index contributed by atoms with van der Waals surface area (Å²) in [5.41, 5.74) is 1.04. The normalized spacial score (nSPS) is 19.0. The summed E-state index contributed by atoms with van der Waals surface area (Å²) < 4.78 is 11.2. The number of aliphatic carboxylic acids is 1. The van der Waals surface area contributed by atoms with E-state index in [2.05, 4.69) is 5.16 Å². The number of hydrogen-bond donors (Lipinski definition) is 1. The first-order chi connectivity index (χ1) is 12.0. The third-order valence-corrected chi connectivity index (χ3v) is 4.05. The Morgan fingerprint density at radius 3 is 2.64 bits per heavy atom. The molecule has 1 atom stereocenters. The topological polar surface area (TPSA) is 77.4 Å². The molecule has 2 aromatic rings. The number of carbonyl (C=O) groups is 1. The van der Waals surface area contributed by atoms with Crippen molar-refractivity contribution >= 4 is 11.7 Å². The Kier molecular flexibility index (Phi) is 4.61. The highest BCUT2D eigenvalue weighted by Gasteiger charge is 2.42. The van der Waals surface area contributed by atoms with Crippen LogP contribution in [0.2, 0.25) is 0 Å². The molecule has 0 fully saturated rings. The van der Waals surface area contributed by atoms with Gasteiger partial charge in [-0.15, -0.1) is 0 Å². The van der Waals surface area contributed by atoms with E-state index in [0.29, 0.717) is 23.8 Å². The van der Waals surface area contributed by atoms with Crippen molar-refractivity contribution in [2.24, 2.45) is 5.16 Å². The van der Waals surface area contributed by atoms with Gasteiger partial charge in [-0.25, -0.2) is 4.79 Å². The molecule has 0 aliphatic carbocycles. The first-order valence-electron chi connectivity index (χ1n) is 7.85. The highest BCUT2D eigenvalue weighted by atomic mass is 16.7. The lowest BCUT2D eigenvalue weighted by Crippen LogP contribution is -2.35. The Bertz CT molecular complexity index is 803. The molecule has 0 unspecified atom stereocenters. The van der Waals surface area contributed by atoms with Gasteiger partial charge < -0.3 is 19.4 Å². The molecule has 0 saturated carbocycles. The second-order valence-electron chi connectivity index (χ2n) is 5.98. The van der Waals surface area contributed by atoms with E-state index in [0.717, 1.165) is 11.1 Å². The lowest BCUT2D eigenvalue weighted by atomic mass is 9.96. The average molecular weight is 341 g/mol. The van der Waals surface area contributed by atoms with E-state index in [1.54, 1.807) is 19.2 Å². The summed E-state index contributed by atoms with van der Waals surface area (Å²) in [5, 5.41) is 13.1. The molecule has 1 aliphatic rings. The van der Waals surface area contributed by atoms with Crippen LogP contribution < -0.4 is 9.47 Å². The highest BCUT2D eigenvalue weighted by molar-refractivity contribution is 6.04. The SMILES string of the molecule is COc1cc(C2=NO[C@](C)(C(=O)O)C2)ccc1OCc1ccccc1. The van der Waals surface area contributed by atoms with Gasteiger partial charge in [0.2, 0.25) is 5.60 Å². The van der Waals surface area contributed by atoms with Crippen LogP contribution in [0.15, 0.2) is 53.7 Å². The molecule has 1 heterocycles. The van der Waals surface area contributed by atoms with Gasteiger partial charge >= 0.3 is 5.97 Å². The van der Waals surface area contributed by atoms with Crippen molar-refractivity contribution in [3.63, 3.8) is 0 Å². The first kappa shape index (κ1) is 16.8. The summed E-state index contributed by atoms with van der Waals surface area (Å²) in [4.78, 5) is 16.3. The van der Waals surface area contributed by atoms with Crippen LogP contribution in [0, 0.1) is 0 Å². The molecule has 0 bridgehead atoms. The van der Waals surface area contributed by atoms with Gasteiger partial charge in [-0.05, 0) is 30.7 Å². The molecule has 130 valence electrons. The summed E-state index contributed by atoms with van der Waals surface area (Å²) in [5.74, 6) is 0.122. The molecule has 3 rings (SSSR count). The van der Waals surface area contributed by atoms with Crippen LogP contribution in [0.5, 0.6) is 11.5 Å². The van der Waals surface area contributed by atoms with Gasteiger partial charge in [-0.3, -0.25) is 0 Å². The van der Waals surface area contributed by atoms with E-state index in [1.165, 1.54) is 6.92 Å². The average Bonchev–Trinajstić information content (AvgIpc) is 3.04. The second-order valence-corrected chi connectivity index (χ2v) is 5.98. The Balaban J connectivity index is 1.75. The minimum absolute atomic E-state index is 0.190. The molecule has 1 N–H and O–H groups in total. The van der Waals surface area contributed by atoms with Crippen molar-refractivity contribution in [1.29, 1.82) is 0 Å². The number of carboxylic acids is 1. The Morgan fingerprint density at radius 1 is 1.24 bits per heavy atom.